The summed E-state index contributed by atoms with van der Waals surface area (Å²) in [4.78, 5) is 16.6. The van der Waals surface area contributed by atoms with Gasteiger partial charge in [0.15, 0.2) is 21.7 Å². The van der Waals surface area contributed by atoms with Gasteiger partial charge in [0.25, 0.3) is 10.0 Å². The summed E-state index contributed by atoms with van der Waals surface area (Å²) < 4.78 is 81.3. The molecule has 42 heavy (non-hydrogen) atoms. The third-order valence-corrected chi connectivity index (χ3v) is 9.20. The van der Waals surface area contributed by atoms with Crippen molar-refractivity contribution in [1.29, 1.82) is 0 Å². The molecule has 1 aliphatic heterocycles. The molecule has 0 radical (unpaired) electrons. The molecule has 2 aromatic carbocycles. The van der Waals surface area contributed by atoms with Crippen molar-refractivity contribution in [1.82, 2.24) is 9.88 Å². The number of ether oxygens (including phenoxy) is 4. The highest BCUT2D eigenvalue weighted by Crippen LogP contribution is 2.39. The van der Waals surface area contributed by atoms with Crippen LogP contribution in [0.5, 0.6) is 17.2 Å². The van der Waals surface area contributed by atoms with E-state index in [1.54, 1.807) is 39.0 Å². The van der Waals surface area contributed by atoms with Gasteiger partial charge >= 0.3 is 6.09 Å². The number of methoxy groups -OCH3 is 2. The minimum absolute atomic E-state index is 0.0312. The van der Waals surface area contributed by atoms with Crippen molar-refractivity contribution in [2.75, 3.05) is 31.6 Å². The number of thiazole rings is 1. The largest absolute Gasteiger partial charge is 0.497 e. The Labute approximate surface area is 251 Å². The highest BCUT2D eigenvalue weighted by atomic mass is 35.5. The molecule has 4 rings (SSSR count). The van der Waals surface area contributed by atoms with Crippen molar-refractivity contribution >= 4 is 44.2 Å². The molecule has 1 unspecified atom stereocenters. The zero-order valence-corrected chi connectivity index (χ0v) is 25.9. The topological polar surface area (TPSA) is 108 Å². The third-order valence-electron chi connectivity index (χ3n) is 6.16. The third kappa shape index (κ3) is 6.81. The molecule has 1 aliphatic rings. The summed E-state index contributed by atoms with van der Waals surface area (Å²) in [5.41, 5.74) is -0.308. The molecule has 1 amide bonds. The highest BCUT2D eigenvalue weighted by Gasteiger charge is 2.37. The lowest BCUT2D eigenvalue weighted by molar-refractivity contribution is 0.0275. The second-order valence-electron chi connectivity index (χ2n) is 10.3. The number of halogens is 3. The van der Waals surface area contributed by atoms with E-state index >= 15 is 8.78 Å². The first-order valence-electron chi connectivity index (χ1n) is 12.7. The first-order chi connectivity index (χ1) is 19.7. The van der Waals surface area contributed by atoms with E-state index in [2.05, 4.69) is 4.98 Å². The number of carbonyl (C=O) groups excluding carboxylic acids is 1. The van der Waals surface area contributed by atoms with E-state index in [0.29, 0.717) is 30.0 Å². The van der Waals surface area contributed by atoms with Crippen molar-refractivity contribution in [3.63, 3.8) is 0 Å². The van der Waals surface area contributed by atoms with Gasteiger partial charge in [-0.2, -0.15) is 0 Å². The molecule has 0 spiro atoms. The first kappa shape index (κ1) is 31.6. The Morgan fingerprint density at radius 3 is 2.55 bits per heavy atom. The molecule has 0 N–H and O–H groups in total. The van der Waals surface area contributed by atoms with Gasteiger partial charge < -0.3 is 23.8 Å². The molecule has 3 aromatic rings. The number of amides is 1. The monoisotopic (exact) mass is 645 g/mol. The van der Waals surface area contributed by atoms with Gasteiger partial charge in [-0.15, -0.1) is 11.3 Å². The lowest BCUT2D eigenvalue weighted by Gasteiger charge is -2.25. The van der Waals surface area contributed by atoms with E-state index in [4.69, 9.17) is 30.5 Å². The standard InChI is InChI=1S/C27H30ClF2N3O7S2/c1-27(2,3)40-26(34)32-10-8-18(15-32)39-21-13-19(29)24(23(30)22(21)28)42(35,36)33(25-31-9-11-41-25)14-16-6-7-17(37-4)12-20(16)38-5/h6-7,9,11-13,18H,8,10,14-15H2,1-5H3. The Bertz CT molecular complexity index is 1550. The highest BCUT2D eigenvalue weighted by molar-refractivity contribution is 7.93. The zero-order chi connectivity index (χ0) is 30.8. The lowest BCUT2D eigenvalue weighted by Crippen LogP contribution is -2.36. The maximum Gasteiger partial charge on any atom is 0.410 e. The van der Waals surface area contributed by atoms with Crippen LogP contribution >= 0.6 is 22.9 Å². The zero-order valence-electron chi connectivity index (χ0n) is 23.5. The maximum atomic E-state index is 15.7. The van der Waals surface area contributed by atoms with Gasteiger partial charge in [-0.05, 0) is 32.9 Å². The Balaban J connectivity index is 1.64. The normalized spacial score (nSPS) is 15.4. The van der Waals surface area contributed by atoms with Crippen LogP contribution in [-0.2, 0) is 21.3 Å². The van der Waals surface area contributed by atoms with Crippen LogP contribution in [0.3, 0.4) is 0 Å². The Kier molecular flexibility index (Phi) is 9.38. The van der Waals surface area contributed by atoms with Crippen LogP contribution in [0, 0.1) is 11.6 Å². The lowest BCUT2D eigenvalue weighted by atomic mass is 10.2. The van der Waals surface area contributed by atoms with Crippen molar-refractivity contribution in [3.8, 4) is 17.2 Å². The van der Waals surface area contributed by atoms with E-state index < -0.39 is 49.4 Å². The van der Waals surface area contributed by atoms with Crippen LogP contribution in [0.1, 0.15) is 32.8 Å². The fourth-order valence-electron chi connectivity index (χ4n) is 4.22. The molecule has 1 atom stereocenters. The van der Waals surface area contributed by atoms with Crippen LogP contribution in [0.15, 0.2) is 40.7 Å². The van der Waals surface area contributed by atoms with Gasteiger partial charge in [0.2, 0.25) is 0 Å². The molecule has 15 heteroatoms. The fourth-order valence-corrected chi connectivity index (χ4v) is 6.85. The first-order valence-corrected chi connectivity index (χ1v) is 15.4. The Morgan fingerprint density at radius 1 is 1.19 bits per heavy atom. The summed E-state index contributed by atoms with van der Waals surface area (Å²) in [6.45, 7) is 5.24. The molecule has 1 saturated heterocycles. The number of sulfonamides is 1. The van der Waals surface area contributed by atoms with E-state index in [0.717, 1.165) is 21.7 Å². The van der Waals surface area contributed by atoms with E-state index in [1.807, 2.05) is 0 Å². The molecule has 0 bridgehead atoms. The van der Waals surface area contributed by atoms with Crippen LogP contribution in [0.25, 0.3) is 0 Å². The Hall–Kier alpha value is -3.36. The summed E-state index contributed by atoms with van der Waals surface area (Å²) in [6, 6.07) is 5.45. The number of likely N-dealkylation sites (tertiary alicyclic amines) is 1. The minimum atomic E-state index is -4.89. The van der Waals surface area contributed by atoms with Crippen molar-refractivity contribution < 1.29 is 40.9 Å². The number of carbonyl (C=O) groups is 1. The number of rotatable bonds is 9. The predicted molar refractivity (Wildman–Crippen MR) is 153 cm³/mol. The molecule has 228 valence electrons. The van der Waals surface area contributed by atoms with Crippen LogP contribution in [-0.4, -0.2) is 63.4 Å². The molecule has 0 aliphatic carbocycles. The van der Waals surface area contributed by atoms with E-state index in [1.165, 1.54) is 30.7 Å². The average molecular weight is 646 g/mol. The van der Waals surface area contributed by atoms with Gasteiger partial charge in [-0.25, -0.2) is 31.3 Å². The maximum absolute atomic E-state index is 15.7. The van der Waals surface area contributed by atoms with Gasteiger partial charge in [-0.1, -0.05) is 11.6 Å². The number of hydrogen-bond acceptors (Lipinski definition) is 9. The predicted octanol–water partition coefficient (Wildman–Crippen LogP) is 5.88. The van der Waals surface area contributed by atoms with Crippen LogP contribution in [0.2, 0.25) is 5.02 Å². The molecular formula is C27H30ClF2N3O7S2. The molecule has 1 aromatic heterocycles. The minimum Gasteiger partial charge on any atom is -0.497 e. The SMILES string of the molecule is COc1ccc(CN(c2nccs2)S(=O)(=O)c2c(F)cc(OC3CCN(C(=O)OC(C)(C)C)C3)c(Cl)c2F)c(OC)c1. The average Bonchev–Trinajstić information content (AvgIpc) is 3.62. The second kappa shape index (κ2) is 12.5. The van der Waals surface area contributed by atoms with Gasteiger partial charge in [0, 0.05) is 42.2 Å². The smallest absolute Gasteiger partial charge is 0.410 e. The van der Waals surface area contributed by atoms with Crippen LogP contribution in [0.4, 0.5) is 18.7 Å². The van der Waals surface area contributed by atoms with Gasteiger partial charge in [0.05, 0.1) is 27.3 Å². The van der Waals surface area contributed by atoms with E-state index in [-0.39, 0.29) is 24.0 Å². The van der Waals surface area contributed by atoms with Crippen molar-refractivity contribution in [2.24, 2.45) is 0 Å². The summed E-state index contributed by atoms with van der Waals surface area (Å²) in [6.07, 6.45) is 0.521. The summed E-state index contributed by atoms with van der Waals surface area (Å²) >= 11 is 7.17. The second-order valence-corrected chi connectivity index (χ2v) is 13.3. The van der Waals surface area contributed by atoms with E-state index in [9.17, 15) is 13.2 Å². The van der Waals surface area contributed by atoms with Crippen molar-refractivity contribution in [3.05, 3.63) is 58.1 Å². The summed E-state index contributed by atoms with van der Waals surface area (Å²) in [7, 11) is -2.03. The van der Waals surface area contributed by atoms with Crippen molar-refractivity contribution in [2.45, 2.75) is 50.3 Å². The van der Waals surface area contributed by atoms with Crippen LogP contribution < -0.4 is 18.5 Å². The summed E-state index contributed by atoms with van der Waals surface area (Å²) in [5, 5.41) is 0.783. The quantitative estimate of drug-likeness (QED) is 0.266. The fraction of sp³-hybridized carbons (Fsp3) is 0.407. The molecule has 1 fully saturated rings. The molecule has 10 nitrogen and oxygen atoms in total. The summed E-state index contributed by atoms with van der Waals surface area (Å²) in [5.74, 6) is -2.55. The number of nitrogens with zero attached hydrogens (tertiary/aromatic N) is 3. The number of anilines is 1. The number of benzene rings is 2. The molecule has 2 heterocycles. The molecular weight excluding hydrogens is 616 g/mol. The number of aromatic nitrogens is 1. The molecule has 0 saturated carbocycles. The Morgan fingerprint density at radius 2 is 1.93 bits per heavy atom. The number of hydrogen-bond donors (Lipinski definition) is 0. The van der Waals surface area contributed by atoms with Gasteiger partial charge in [0.1, 0.15) is 34.0 Å². The van der Waals surface area contributed by atoms with Gasteiger partial charge in [-0.3, -0.25) is 0 Å².